The molecule has 0 spiro atoms. The number of likely N-dealkylation sites (N-methyl/N-ethyl adjacent to an activating group) is 2. The zero-order chi connectivity index (χ0) is 33.0. The quantitative estimate of drug-likeness (QED) is 0.213. The number of carbonyl (C=O) groups is 1. The van der Waals surface area contributed by atoms with E-state index in [9.17, 15) is 4.79 Å². The first-order chi connectivity index (χ1) is 23.3. The van der Waals surface area contributed by atoms with Crippen LogP contribution in [-0.2, 0) is 4.79 Å². The van der Waals surface area contributed by atoms with Crippen molar-refractivity contribution in [3.05, 3.63) is 65.6 Å². The van der Waals surface area contributed by atoms with E-state index in [0.717, 1.165) is 68.9 Å². The summed E-state index contributed by atoms with van der Waals surface area (Å²) in [4.78, 5) is 36.0. The fraction of sp³-hybridized carbons (Fsp3) is 0.459. The average Bonchev–Trinajstić information content (AvgIpc) is 3.83. The number of halogens is 2. The van der Waals surface area contributed by atoms with Gasteiger partial charge < -0.3 is 14.5 Å². The van der Waals surface area contributed by atoms with Crippen LogP contribution in [0.15, 0.2) is 54.7 Å². The summed E-state index contributed by atoms with van der Waals surface area (Å²) < 4.78 is 23.2. The van der Waals surface area contributed by atoms with Crippen LogP contribution >= 0.6 is 11.6 Å². The Labute approximate surface area is 285 Å². The Morgan fingerprint density at radius 3 is 2.65 bits per heavy atom. The van der Waals surface area contributed by atoms with Gasteiger partial charge in [-0.3, -0.25) is 19.6 Å². The fourth-order valence-corrected chi connectivity index (χ4v) is 8.49. The Morgan fingerprint density at radius 2 is 1.90 bits per heavy atom. The molecule has 250 valence electrons. The van der Waals surface area contributed by atoms with Crippen molar-refractivity contribution in [2.75, 3.05) is 58.3 Å². The Bertz CT molecular complexity index is 1900. The summed E-state index contributed by atoms with van der Waals surface area (Å²) in [5.41, 5.74) is 0.921. The van der Waals surface area contributed by atoms with E-state index in [1.165, 1.54) is 0 Å². The molecule has 4 aliphatic heterocycles. The lowest BCUT2D eigenvalue weighted by Gasteiger charge is -2.35. The second-order valence-electron chi connectivity index (χ2n) is 13.9. The highest BCUT2D eigenvalue weighted by Gasteiger charge is 2.45. The highest BCUT2D eigenvalue weighted by molar-refractivity contribution is 6.36. The highest BCUT2D eigenvalue weighted by Crippen LogP contribution is 2.40. The maximum atomic E-state index is 16.8. The maximum absolute atomic E-state index is 16.8. The first-order valence-corrected chi connectivity index (χ1v) is 17.5. The highest BCUT2D eigenvalue weighted by atomic mass is 35.5. The summed E-state index contributed by atoms with van der Waals surface area (Å²) in [6.45, 7) is 4.87. The van der Waals surface area contributed by atoms with Crippen LogP contribution in [0, 0.1) is 5.82 Å². The minimum absolute atomic E-state index is 0.0137. The number of anilines is 1. The molecule has 0 bridgehead atoms. The molecule has 0 radical (unpaired) electrons. The molecule has 8 rings (SSSR count). The molecule has 0 N–H and O–H groups in total. The molecule has 2 unspecified atom stereocenters. The number of rotatable bonds is 8. The molecule has 1 amide bonds. The predicted octanol–water partition coefficient (Wildman–Crippen LogP) is 5.94. The lowest BCUT2D eigenvalue weighted by molar-refractivity contribution is -0.125. The van der Waals surface area contributed by atoms with Gasteiger partial charge in [0.05, 0.1) is 10.9 Å². The Morgan fingerprint density at radius 1 is 1.10 bits per heavy atom. The molecule has 4 aliphatic rings. The third kappa shape index (κ3) is 5.47. The van der Waals surface area contributed by atoms with Crippen molar-refractivity contribution >= 4 is 45.0 Å². The summed E-state index contributed by atoms with van der Waals surface area (Å²) in [7, 11) is 4.02. The van der Waals surface area contributed by atoms with Crippen LogP contribution in [-0.4, -0.2) is 107 Å². The van der Waals surface area contributed by atoms with Gasteiger partial charge in [0.2, 0.25) is 5.91 Å². The summed E-state index contributed by atoms with van der Waals surface area (Å²) in [5, 5.41) is 2.67. The van der Waals surface area contributed by atoms with Crippen molar-refractivity contribution in [2.45, 2.75) is 56.1 Å². The van der Waals surface area contributed by atoms with Gasteiger partial charge in [-0.2, -0.15) is 9.97 Å². The molecule has 48 heavy (non-hydrogen) atoms. The molecule has 4 fully saturated rings. The van der Waals surface area contributed by atoms with Crippen molar-refractivity contribution < 1.29 is 13.9 Å². The number of ether oxygens (including phenoxy) is 1. The molecule has 4 aromatic rings. The first-order valence-electron chi connectivity index (χ1n) is 17.1. The van der Waals surface area contributed by atoms with Gasteiger partial charge in [-0.15, -0.1) is 0 Å². The maximum Gasteiger partial charge on any atom is 0.319 e. The minimum Gasteiger partial charge on any atom is -0.461 e. The van der Waals surface area contributed by atoms with Gasteiger partial charge >= 0.3 is 6.01 Å². The van der Waals surface area contributed by atoms with Gasteiger partial charge in [0, 0.05) is 67.0 Å². The number of amides is 1. The topological polar surface area (TPSA) is 77.9 Å². The number of pyridine rings is 1. The van der Waals surface area contributed by atoms with Crippen molar-refractivity contribution in [1.82, 2.24) is 29.7 Å². The first kappa shape index (κ1) is 31.4. The molecule has 11 heteroatoms. The number of benzene rings is 2. The Hall–Kier alpha value is -3.86. The third-order valence-electron chi connectivity index (χ3n) is 11.2. The van der Waals surface area contributed by atoms with Gasteiger partial charge in [-0.05, 0) is 70.1 Å². The predicted molar refractivity (Wildman–Crippen MR) is 187 cm³/mol. The van der Waals surface area contributed by atoms with Crippen molar-refractivity contribution in [2.24, 2.45) is 0 Å². The van der Waals surface area contributed by atoms with Crippen molar-refractivity contribution in [1.29, 1.82) is 0 Å². The van der Waals surface area contributed by atoms with E-state index < -0.39 is 5.82 Å². The zero-order valence-electron chi connectivity index (χ0n) is 27.5. The van der Waals surface area contributed by atoms with Crippen LogP contribution < -0.4 is 9.64 Å². The SMILES string of the molecule is CN1CCC1/C=C/C(=O)N1CCC(N(C)c2nc(OCC34CCCN3CCC4)nc3c(F)c(-c4cccc5cccc(Cl)c45)ncc23)C1. The van der Waals surface area contributed by atoms with Crippen LogP contribution in [0.2, 0.25) is 5.02 Å². The second-order valence-corrected chi connectivity index (χ2v) is 14.3. The molecule has 2 atom stereocenters. The van der Waals surface area contributed by atoms with Crippen LogP contribution in [0.25, 0.3) is 32.9 Å². The van der Waals surface area contributed by atoms with E-state index >= 15 is 4.39 Å². The lowest BCUT2D eigenvalue weighted by Crippen LogP contribution is -2.43. The number of aromatic nitrogens is 3. The minimum atomic E-state index is -0.544. The summed E-state index contributed by atoms with van der Waals surface area (Å²) in [5.74, 6) is 0.0190. The molecule has 0 aliphatic carbocycles. The van der Waals surface area contributed by atoms with Gasteiger partial charge in [0.15, 0.2) is 5.82 Å². The fourth-order valence-electron chi connectivity index (χ4n) is 8.20. The molecule has 2 aromatic heterocycles. The van der Waals surface area contributed by atoms with Gasteiger partial charge in [-0.25, -0.2) is 4.39 Å². The van der Waals surface area contributed by atoms with Crippen LogP contribution in [0.4, 0.5) is 10.2 Å². The number of fused-ring (bicyclic) bond motifs is 3. The summed E-state index contributed by atoms with van der Waals surface area (Å²) >= 11 is 6.64. The largest absolute Gasteiger partial charge is 0.461 e. The summed E-state index contributed by atoms with van der Waals surface area (Å²) in [6, 6.07) is 11.8. The standard InChI is InChI=1S/C37H41ClFN7O2/c1-43-19-13-25(43)11-12-30(47)45-20-14-26(22-45)44(2)35-28-21-40-33(27-9-3-7-24-8-4-10-29(38)31(24)27)32(39)34(28)41-36(42-35)48-23-37-15-5-17-46(37)18-6-16-37/h3-4,7-12,21,25-26H,5-6,13-20,22-23H2,1-2H3/b12-11+. The molecule has 0 saturated carbocycles. The number of hydrogen-bond acceptors (Lipinski definition) is 8. The smallest absolute Gasteiger partial charge is 0.319 e. The Balaban J connectivity index is 1.15. The second kappa shape index (κ2) is 12.5. The van der Waals surface area contributed by atoms with E-state index in [4.69, 9.17) is 26.3 Å². The molecule has 2 aromatic carbocycles. The van der Waals surface area contributed by atoms with Crippen LogP contribution in [0.5, 0.6) is 6.01 Å². The third-order valence-corrected chi connectivity index (χ3v) is 11.5. The van der Waals surface area contributed by atoms with E-state index in [2.05, 4.69) is 21.8 Å². The normalized spacial score (nSPS) is 22.5. The summed E-state index contributed by atoms with van der Waals surface area (Å²) in [6.07, 6.45) is 11.7. The van der Waals surface area contributed by atoms with Gasteiger partial charge in [-0.1, -0.05) is 48.0 Å². The number of nitrogens with zero attached hydrogens (tertiary/aromatic N) is 7. The molecule has 9 nitrogen and oxygen atoms in total. The molecule has 4 saturated heterocycles. The molecular formula is C37H41ClFN7O2. The van der Waals surface area contributed by atoms with Gasteiger partial charge in [0.25, 0.3) is 0 Å². The van der Waals surface area contributed by atoms with E-state index in [0.29, 0.717) is 47.5 Å². The molecular weight excluding hydrogens is 629 g/mol. The van der Waals surface area contributed by atoms with E-state index in [1.807, 2.05) is 53.3 Å². The van der Waals surface area contributed by atoms with Crippen molar-refractivity contribution in [3.63, 3.8) is 0 Å². The van der Waals surface area contributed by atoms with Crippen LogP contribution in [0.1, 0.15) is 38.5 Å². The number of hydrogen-bond donors (Lipinski definition) is 0. The Kier molecular flexibility index (Phi) is 8.21. The zero-order valence-corrected chi connectivity index (χ0v) is 28.3. The van der Waals surface area contributed by atoms with Crippen LogP contribution in [0.3, 0.4) is 0 Å². The molecule has 6 heterocycles. The number of likely N-dealkylation sites (tertiary alicyclic amines) is 2. The van der Waals surface area contributed by atoms with E-state index in [-0.39, 0.29) is 34.7 Å². The average molecular weight is 670 g/mol. The number of carbonyl (C=O) groups excluding carboxylic acids is 1. The lowest BCUT2D eigenvalue weighted by atomic mass is 9.95. The monoisotopic (exact) mass is 669 g/mol. The van der Waals surface area contributed by atoms with Crippen molar-refractivity contribution in [3.8, 4) is 17.3 Å². The van der Waals surface area contributed by atoms with Gasteiger partial charge in [0.1, 0.15) is 23.6 Å². The van der Waals surface area contributed by atoms with E-state index in [1.54, 1.807) is 18.3 Å².